The summed E-state index contributed by atoms with van der Waals surface area (Å²) >= 11 is 5.16. The molecule has 0 fully saturated rings. The lowest BCUT2D eigenvalue weighted by Crippen LogP contribution is -2.40. The Morgan fingerprint density at radius 1 is 0.949 bits per heavy atom. The first-order valence-electron chi connectivity index (χ1n) is 13.2. The SMILES string of the molecule is N#Cc1c(N=C2C(=O)N(CN(Cc3ccccc3)Cc3ccccc3)c3ccc(Br)cc32)sc2c1CCCC2. The number of aryl methyl sites for hydroxylation is 1. The lowest BCUT2D eigenvalue weighted by Gasteiger charge is -2.28. The highest BCUT2D eigenvalue weighted by molar-refractivity contribution is 9.10. The zero-order chi connectivity index (χ0) is 26.8. The third-order valence-electron chi connectivity index (χ3n) is 7.27. The number of halogens is 1. The third-order valence-corrected chi connectivity index (χ3v) is 8.95. The molecule has 0 N–H and O–H groups in total. The van der Waals surface area contributed by atoms with Crippen LogP contribution < -0.4 is 4.90 Å². The van der Waals surface area contributed by atoms with Crippen LogP contribution in [0, 0.1) is 11.3 Å². The zero-order valence-corrected chi connectivity index (χ0v) is 23.8. The molecular formula is C32H27BrN4OS. The molecule has 7 heteroatoms. The second-order valence-electron chi connectivity index (χ2n) is 9.96. The van der Waals surface area contributed by atoms with E-state index in [0.29, 0.717) is 36.0 Å². The highest BCUT2D eigenvalue weighted by Gasteiger charge is 2.36. The maximum atomic E-state index is 14.0. The molecular weight excluding hydrogens is 568 g/mol. The Morgan fingerprint density at radius 2 is 1.62 bits per heavy atom. The van der Waals surface area contributed by atoms with Gasteiger partial charge in [-0.05, 0) is 60.6 Å². The highest BCUT2D eigenvalue weighted by atomic mass is 79.9. The number of fused-ring (bicyclic) bond motifs is 2. The van der Waals surface area contributed by atoms with Crippen LogP contribution in [0.5, 0.6) is 0 Å². The first-order chi connectivity index (χ1) is 19.1. The van der Waals surface area contributed by atoms with Gasteiger partial charge in [-0.1, -0.05) is 76.6 Å². The van der Waals surface area contributed by atoms with Gasteiger partial charge in [0.25, 0.3) is 5.91 Å². The number of benzene rings is 3. The van der Waals surface area contributed by atoms with Crippen molar-refractivity contribution in [3.63, 3.8) is 0 Å². The van der Waals surface area contributed by atoms with Gasteiger partial charge < -0.3 is 0 Å². The lowest BCUT2D eigenvalue weighted by atomic mass is 9.96. The molecule has 39 heavy (non-hydrogen) atoms. The molecule has 0 saturated heterocycles. The zero-order valence-electron chi connectivity index (χ0n) is 21.4. The lowest BCUT2D eigenvalue weighted by molar-refractivity contribution is -0.112. The van der Waals surface area contributed by atoms with Gasteiger partial charge in [-0.15, -0.1) is 11.3 Å². The maximum Gasteiger partial charge on any atom is 0.278 e. The number of nitrogens with zero attached hydrogens (tertiary/aromatic N) is 4. The van der Waals surface area contributed by atoms with Gasteiger partial charge in [-0.2, -0.15) is 5.26 Å². The highest BCUT2D eigenvalue weighted by Crippen LogP contribution is 2.41. The molecule has 2 heterocycles. The summed E-state index contributed by atoms with van der Waals surface area (Å²) in [4.78, 5) is 24.3. The predicted octanol–water partition coefficient (Wildman–Crippen LogP) is 7.39. The smallest absolute Gasteiger partial charge is 0.278 e. The minimum atomic E-state index is -0.135. The van der Waals surface area contributed by atoms with Crippen LogP contribution in [0.4, 0.5) is 10.7 Å². The van der Waals surface area contributed by atoms with Crippen LogP contribution in [0.3, 0.4) is 0 Å². The van der Waals surface area contributed by atoms with Gasteiger partial charge >= 0.3 is 0 Å². The van der Waals surface area contributed by atoms with Crippen LogP contribution in [0.1, 0.15) is 45.5 Å². The van der Waals surface area contributed by atoms with E-state index in [-0.39, 0.29) is 5.91 Å². The van der Waals surface area contributed by atoms with Crippen LogP contribution in [-0.2, 0) is 30.7 Å². The summed E-state index contributed by atoms with van der Waals surface area (Å²) in [6.45, 7) is 1.82. The summed E-state index contributed by atoms with van der Waals surface area (Å²) in [6, 6.07) is 29.0. The van der Waals surface area contributed by atoms with Crippen molar-refractivity contribution in [2.75, 3.05) is 11.6 Å². The molecule has 1 aliphatic heterocycles. The van der Waals surface area contributed by atoms with Crippen molar-refractivity contribution >= 4 is 49.6 Å². The van der Waals surface area contributed by atoms with E-state index >= 15 is 0 Å². The van der Waals surface area contributed by atoms with Gasteiger partial charge in [0, 0.05) is 28.0 Å². The van der Waals surface area contributed by atoms with E-state index in [0.717, 1.165) is 47.0 Å². The van der Waals surface area contributed by atoms with Crippen LogP contribution in [0.25, 0.3) is 0 Å². The molecule has 0 bridgehead atoms. The fraction of sp³-hybridized carbons (Fsp3) is 0.219. The number of thiophene rings is 1. The largest absolute Gasteiger partial charge is 0.293 e. The Bertz CT molecular complexity index is 1550. The summed E-state index contributed by atoms with van der Waals surface area (Å²) in [5.74, 6) is -0.135. The number of aliphatic imine (C=N–C) groups is 1. The topological polar surface area (TPSA) is 59.7 Å². The van der Waals surface area contributed by atoms with Crippen molar-refractivity contribution in [3.8, 4) is 6.07 Å². The van der Waals surface area contributed by atoms with E-state index in [1.165, 1.54) is 16.0 Å². The van der Waals surface area contributed by atoms with E-state index in [1.807, 2.05) is 59.5 Å². The van der Waals surface area contributed by atoms with Crippen LogP contribution in [0.2, 0.25) is 0 Å². The number of anilines is 1. The summed E-state index contributed by atoms with van der Waals surface area (Å²) in [6.07, 6.45) is 4.12. The van der Waals surface area contributed by atoms with Crippen molar-refractivity contribution in [1.29, 1.82) is 5.26 Å². The quantitative estimate of drug-likeness (QED) is 0.224. The number of amides is 1. The molecule has 0 atom stereocenters. The second kappa shape index (κ2) is 11.3. The van der Waals surface area contributed by atoms with Crippen molar-refractivity contribution < 1.29 is 4.79 Å². The van der Waals surface area contributed by atoms with Crippen LogP contribution in [0.15, 0.2) is 88.3 Å². The molecule has 1 aliphatic carbocycles. The van der Waals surface area contributed by atoms with E-state index in [4.69, 9.17) is 4.99 Å². The Labute approximate surface area is 241 Å². The van der Waals surface area contributed by atoms with Crippen molar-refractivity contribution in [2.45, 2.75) is 38.8 Å². The first kappa shape index (κ1) is 25.7. The predicted molar refractivity (Wildman–Crippen MR) is 160 cm³/mol. The van der Waals surface area contributed by atoms with Crippen molar-refractivity contribution in [2.24, 2.45) is 4.99 Å². The van der Waals surface area contributed by atoms with Crippen molar-refractivity contribution in [3.05, 3.63) is 116 Å². The molecule has 2 aliphatic rings. The van der Waals surface area contributed by atoms with Gasteiger partial charge in [0.05, 0.1) is 17.9 Å². The Kier molecular flexibility index (Phi) is 7.43. The number of carbonyl (C=O) groups is 1. The van der Waals surface area contributed by atoms with E-state index in [9.17, 15) is 10.1 Å². The van der Waals surface area contributed by atoms with E-state index in [1.54, 1.807) is 11.3 Å². The Balaban J connectivity index is 1.37. The molecule has 6 rings (SSSR count). The van der Waals surface area contributed by atoms with Crippen LogP contribution >= 0.6 is 27.3 Å². The van der Waals surface area contributed by atoms with Crippen LogP contribution in [-0.4, -0.2) is 23.2 Å². The number of carbonyl (C=O) groups excluding carboxylic acids is 1. The number of hydrogen-bond donors (Lipinski definition) is 0. The Hall–Kier alpha value is -3.57. The summed E-state index contributed by atoms with van der Waals surface area (Å²) < 4.78 is 0.889. The molecule has 5 nitrogen and oxygen atoms in total. The standard InChI is InChI=1S/C32H27BrN4OS/c33-24-15-16-28-26(17-24)30(35-31-27(18-34)25-13-7-8-14-29(25)39-31)32(38)37(28)21-36(19-22-9-3-1-4-10-22)20-23-11-5-2-6-12-23/h1-6,9-12,15-17H,7-8,13-14,19-21H2. The van der Waals surface area contributed by atoms with E-state index < -0.39 is 0 Å². The summed E-state index contributed by atoms with van der Waals surface area (Å²) in [5.41, 5.74) is 6.18. The van der Waals surface area contributed by atoms with Crippen molar-refractivity contribution in [1.82, 2.24) is 4.90 Å². The molecule has 194 valence electrons. The number of hydrogen-bond acceptors (Lipinski definition) is 5. The molecule has 0 radical (unpaired) electrons. The normalized spacial score (nSPS) is 15.5. The molecule has 0 unspecified atom stereocenters. The number of nitriles is 1. The molecule has 4 aromatic rings. The average molecular weight is 596 g/mol. The maximum absolute atomic E-state index is 14.0. The summed E-state index contributed by atoms with van der Waals surface area (Å²) in [5, 5.41) is 10.6. The van der Waals surface area contributed by atoms with Gasteiger partial charge in [-0.3, -0.25) is 14.6 Å². The molecule has 1 aromatic heterocycles. The average Bonchev–Trinajstić information content (AvgIpc) is 3.44. The van der Waals surface area contributed by atoms with Gasteiger partial charge in [0.15, 0.2) is 0 Å². The second-order valence-corrected chi connectivity index (χ2v) is 12.0. The monoisotopic (exact) mass is 594 g/mol. The molecule has 1 amide bonds. The fourth-order valence-electron chi connectivity index (χ4n) is 5.42. The fourth-order valence-corrected chi connectivity index (χ4v) is 7.00. The van der Waals surface area contributed by atoms with Gasteiger partial charge in [-0.25, -0.2) is 4.99 Å². The minimum absolute atomic E-state index is 0.135. The third kappa shape index (κ3) is 5.33. The molecule has 0 spiro atoms. The number of rotatable bonds is 7. The molecule has 3 aromatic carbocycles. The molecule has 0 saturated carbocycles. The summed E-state index contributed by atoms with van der Waals surface area (Å²) in [7, 11) is 0. The first-order valence-corrected chi connectivity index (χ1v) is 14.8. The van der Waals surface area contributed by atoms with Gasteiger partial charge in [0.1, 0.15) is 16.8 Å². The van der Waals surface area contributed by atoms with Gasteiger partial charge in [0.2, 0.25) is 0 Å². The van der Waals surface area contributed by atoms with E-state index in [2.05, 4.69) is 51.2 Å². The Morgan fingerprint density at radius 3 is 2.28 bits per heavy atom. The minimum Gasteiger partial charge on any atom is -0.293 e.